The quantitative estimate of drug-likeness (QED) is 0.449. The summed E-state index contributed by atoms with van der Waals surface area (Å²) in [6.45, 7) is 0.270. The van der Waals surface area contributed by atoms with Gasteiger partial charge in [-0.25, -0.2) is 9.67 Å². The molecule has 5 aromatic rings. The van der Waals surface area contributed by atoms with Gasteiger partial charge in [-0.2, -0.15) is 5.10 Å². The second-order valence-corrected chi connectivity index (χ2v) is 6.76. The van der Waals surface area contributed by atoms with Crippen LogP contribution in [-0.2, 0) is 6.54 Å². The molecule has 0 fully saturated rings. The highest BCUT2D eigenvalue weighted by molar-refractivity contribution is 5.78. The van der Waals surface area contributed by atoms with Gasteiger partial charge in [-0.05, 0) is 48.5 Å². The van der Waals surface area contributed by atoms with Crippen molar-refractivity contribution in [1.29, 1.82) is 0 Å². The number of fused-ring (bicyclic) bond motifs is 1. The van der Waals surface area contributed by atoms with E-state index in [1.165, 1.54) is 0 Å². The zero-order valence-corrected chi connectivity index (χ0v) is 16.2. The van der Waals surface area contributed by atoms with Crippen LogP contribution in [0.25, 0.3) is 28.1 Å². The Morgan fingerprint density at radius 3 is 2.50 bits per heavy atom. The molecule has 7 nitrogen and oxygen atoms in total. The monoisotopic (exact) mass is 398 g/mol. The molecular formula is C23H18N4O3. The third kappa shape index (κ3) is 3.06. The Kier molecular flexibility index (Phi) is 4.40. The Morgan fingerprint density at radius 1 is 1.00 bits per heavy atom. The lowest BCUT2D eigenvalue weighted by atomic mass is 10.2. The molecule has 0 radical (unpaired) electrons. The first-order valence-corrected chi connectivity index (χ1v) is 9.45. The average molecular weight is 398 g/mol. The van der Waals surface area contributed by atoms with Crippen molar-refractivity contribution in [3.63, 3.8) is 0 Å². The average Bonchev–Trinajstić information content (AvgIpc) is 3.46. The van der Waals surface area contributed by atoms with E-state index in [9.17, 15) is 4.79 Å². The summed E-state index contributed by atoms with van der Waals surface area (Å²) in [6.07, 6.45) is 3.15. The van der Waals surface area contributed by atoms with Crippen LogP contribution in [0.5, 0.6) is 5.75 Å². The molecule has 0 saturated heterocycles. The van der Waals surface area contributed by atoms with Crippen molar-refractivity contribution < 1.29 is 9.15 Å². The van der Waals surface area contributed by atoms with Gasteiger partial charge in [-0.1, -0.05) is 18.2 Å². The van der Waals surface area contributed by atoms with Gasteiger partial charge < -0.3 is 9.15 Å². The van der Waals surface area contributed by atoms with Crippen molar-refractivity contribution >= 4 is 11.0 Å². The van der Waals surface area contributed by atoms with Gasteiger partial charge in [-0.15, -0.1) is 0 Å². The number of benzene rings is 2. The minimum Gasteiger partial charge on any atom is -0.497 e. The van der Waals surface area contributed by atoms with E-state index in [1.54, 1.807) is 34.9 Å². The number of ether oxygens (including phenoxy) is 1. The van der Waals surface area contributed by atoms with E-state index in [-0.39, 0.29) is 12.1 Å². The molecule has 148 valence electrons. The number of methoxy groups -OCH3 is 1. The molecule has 7 heteroatoms. The van der Waals surface area contributed by atoms with Crippen LogP contribution >= 0.6 is 0 Å². The summed E-state index contributed by atoms with van der Waals surface area (Å²) in [7, 11) is 1.62. The van der Waals surface area contributed by atoms with Gasteiger partial charge in [-0.3, -0.25) is 9.36 Å². The first-order chi connectivity index (χ1) is 14.7. The maximum atomic E-state index is 13.4. The summed E-state index contributed by atoms with van der Waals surface area (Å²) >= 11 is 0. The van der Waals surface area contributed by atoms with Crippen LogP contribution in [0.4, 0.5) is 0 Å². The zero-order chi connectivity index (χ0) is 20.5. The van der Waals surface area contributed by atoms with E-state index in [1.807, 2.05) is 60.7 Å². The standard InChI is InChI=1S/C23H18N4O3/c1-29-18-11-9-16(10-12-18)21-25-22-20(14-24-27(22)17-6-3-2-4-7-17)23(28)26(21)15-19-8-5-13-30-19/h2-14H,15H2,1H3. The van der Waals surface area contributed by atoms with Crippen LogP contribution in [0, 0.1) is 0 Å². The van der Waals surface area contributed by atoms with Gasteiger partial charge in [0.15, 0.2) is 5.65 Å². The van der Waals surface area contributed by atoms with Gasteiger partial charge in [0, 0.05) is 5.56 Å². The van der Waals surface area contributed by atoms with Gasteiger partial charge in [0.05, 0.1) is 31.8 Å². The number of hydrogen-bond acceptors (Lipinski definition) is 5. The van der Waals surface area contributed by atoms with Gasteiger partial charge in [0.2, 0.25) is 0 Å². The third-order valence-corrected chi connectivity index (χ3v) is 4.93. The van der Waals surface area contributed by atoms with E-state index >= 15 is 0 Å². The van der Waals surface area contributed by atoms with E-state index < -0.39 is 0 Å². The summed E-state index contributed by atoms with van der Waals surface area (Å²) in [5.74, 6) is 1.93. The van der Waals surface area contributed by atoms with Crippen molar-refractivity contribution in [2.75, 3.05) is 7.11 Å². The highest BCUT2D eigenvalue weighted by Gasteiger charge is 2.18. The fourth-order valence-electron chi connectivity index (χ4n) is 3.43. The van der Waals surface area contributed by atoms with Crippen LogP contribution < -0.4 is 10.3 Å². The van der Waals surface area contributed by atoms with Crippen LogP contribution in [0.15, 0.2) is 88.4 Å². The third-order valence-electron chi connectivity index (χ3n) is 4.93. The number of furan rings is 1. The number of aromatic nitrogens is 4. The molecule has 5 rings (SSSR count). The Bertz CT molecular complexity index is 1350. The second kappa shape index (κ2) is 7.36. The number of nitrogens with zero attached hydrogens (tertiary/aromatic N) is 4. The minimum atomic E-state index is -0.176. The van der Waals surface area contributed by atoms with Crippen LogP contribution in [-0.4, -0.2) is 26.4 Å². The normalized spacial score (nSPS) is 11.1. The molecule has 0 aliphatic carbocycles. The van der Waals surface area contributed by atoms with Crippen LogP contribution in [0.2, 0.25) is 0 Å². The van der Waals surface area contributed by atoms with E-state index in [0.29, 0.717) is 22.6 Å². The molecule has 0 bridgehead atoms. The highest BCUT2D eigenvalue weighted by Crippen LogP contribution is 2.23. The predicted molar refractivity (Wildman–Crippen MR) is 113 cm³/mol. The molecule has 0 aliphatic rings. The van der Waals surface area contributed by atoms with E-state index in [2.05, 4.69) is 5.10 Å². The van der Waals surface area contributed by atoms with Crippen molar-refractivity contribution in [2.45, 2.75) is 6.54 Å². The molecule has 0 N–H and O–H groups in total. The number of rotatable bonds is 5. The lowest BCUT2D eigenvalue weighted by Gasteiger charge is -2.13. The summed E-state index contributed by atoms with van der Waals surface area (Å²) < 4.78 is 14.0. The topological polar surface area (TPSA) is 75.1 Å². The van der Waals surface area contributed by atoms with Crippen molar-refractivity contribution in [1.82, 2.24) is 19.3 Å². The fraction of sp³-hybridized carbons (Fsp3) is 0.0870. The molecule has 2 aromatic carbocycles. The summed E-state index contributed by atoms with van der Waals surface area (Å²) in [5, 5.41) is 4.87. The maximum absolute atomic E-state index is 13.4. The molecule has 0 unspecified atom stereocenters. The summed E-state index contributed by atoms with van der Waals surface area (Å²) in [4.78, 5) is 18.3. The van der Waals surface area contributed by atoms with E-state index in [4.69, 9.17) is 14.1 Å². The SMILES string of the molecule is COc1ccc(-c2nc3c(cnn3-c3ccccc3)c(=O)n2Cc2ccco2)cc1. The van der Waals surface area contributed by atoms with E-state index in [0.717, 1.165) is 17.0 Å². The molecule has 3 heterocycles. The lowest BCUT2D eigenvalue weighted by Crippen LogP contribution is -2.24. The van der Waals surface area contributed by atoms with Gasteiger partial charge in [0.1, 0.15) is 22.7 Å². The molecular weight excluding hydrogens is 380 g/mol. The fourth-order valence-corrected chi connectivity index (χ4v) is 3.43. The predicted octanol–water partition coefficient (Wildman–Crippen LogP) is 3.90. The minimum absolute atomic E-state index is 0.176. The first-order valence-electron chi connectivity index (χ1n) is 9.45. The van der Waals surface area contributed by atoms with Crippen molar-refractivity contribution in [2.24, 2.45) is 0 Å². The maximum Gasteiger partial charge on any atom is 0.265 e. The molecule has 0 spiro atoms. The zero-order valence-electron chi connectivity index (χ0n) is 16.2. The molecule has 0 atom stereocenters. The van der Waals surface area contributed by atoms with Gasteiger partial charge in [0.25, 0.3) is 5.56 Å². The Balaban J connectivity index is 1.76. The Morgan fingerprint density at radius 2 is 1.80 bits per heavy atom. The first kappa shape index (κ1) is 17.9. The molecule has 30 heavy (non-hydrogen) atoms. The molecule has 0 aliphatic heterocycles. The largest absolute Gasteiger partial charge is 0.497 e. The molecule has 0 saturated carbocycles. The molecule has 0 amide bonds. The second-order valence-electron chi connectivity index (χ2n) is 6.76. The highest BCUT2D eigenvalue weighted by atomic mass is 16.5. The molecule has 3 aromatic heterocycles. The summed E-state index contributed by atoms with van der Waals surface area (Å²) in [6, 6.07) is 20.7. The Hall–Kier alpha value is -4.13. The number of para-hydroxylation sites is 1. The number of hydrogen-bond donors (Lipinski definition) is 0. The van der Waals surface area contributed by atoms with Crippen LogP contribution in [0.1, 0.15) is 5.76 Å². The Labute approximate surface area is 171 Å². The summed E-state index contributed by atoms with van der Waals surface area (Å²) in [5.41, 5.74) is 1.96. The van der Waals surface area contributed by atoms with Crippen molar-refractivity contribution in [3.05, 3.63) is 95.3 Å². The lowest BCUT2D eigenvalue weighted by molar-refractivity contribution is 0.415. The van der Waals surface area contributed by atoms with Gasteiger partial charge >= 0.3 is 0 Å². The van der Waals surface area contributed by atoms with Crippen LogP contribution in [0.3, 0.4) is 0 Å². The smallest absolute Gasteiger partial charge is 0.265 e. The van der Waals surface area contributed by atoms with Crippen molar-refractivity contribution in [3.8, 4) is 22.8 Å².